The van der Waals surface area contributed by atoms with E-state index in [4.69, 9.17) is 14.5 Å². The fourth-order valence-electron chi connectivity index (χ4n) is 3.48. The molecule has 6 heteroatoms. The number of hydrogen-bond acceptors (Lipinski definition) is 5. The SMILES string of the molecule is O=C([C@@H]1COc2ccccc2O1)N(CCc1ccccc1)c1nc2ccccc2s1. The number of carbonyl (C=O) groups is 1. The van der Waals surface area contributed by atoms with Crippen molar-refractivity contribution in [2.75, 3.05) is 18.1 Å². The number of amides is 1. The number of carbonyl (C=O) groups excluding carboxylic acids is 1. The lowest BCUT2D eigenvalue weighted by atomic mass is 10.1. The molecule has 1 aromatic heterocycles. The number of aromatic nitrogens is 1. The summed E-state index contributed by atoms with van der Waals surface area (Å²) in [7, 11) is 0. The zero-order chi connectivity index (χ0) is 20.3. The molecule has 0 fully saturated rings. The van der Waals surface area contributed by atoms with E-state index in [-0.39, 0.29) is 12.5 Å². The first-order chi connectivity index (χ1) is 14.8. The van der Waals surface area contributed by atoms with E-state index in [1.165, 1.54) is 16.9 Å². The van der Waals surface area contributed by atoms with E-state index in [2.05, 4.69) is 12.1 Å². The predicted octanol–water partition coefficient (Wildman–Crippen LogP) is 4.71. The van der Waals surface area contributed by atoms with Gasteiger partial charge in [-0.3, -0.25) is 9.69 Å². The van der Waals surface area contributed by atoms with Crippen molar-refractivity contribution in [3.8, 4) is 11.5 Å². The van der Waals surface area contributed by atoms with Gasteiger partial charge in [-0.25, -0.2) is 4.98 Å². The summed E-state index contributed by atoms with van der Waals surface area (Å²) >= 11 is 1.52. The van der Waals surface area contributed by atoms with Crippen LogP contribution in [0.2, 0.25) is 0 Å². The Labute approximate surface area is 178 Å². The Hall–Kier alpha value is -3.38. The van der Waals surface area contributed by atoms with E-state index in [1.54, 1.807) is 4.90 Å². The second kappa shape index (κ2) is 8.16. The summed E-state index contributed by atoms with van der Waals surface area (Å²) in [5.41, 5.74) is 2.06. The van der Waals surface area contributed by atoms with Gasteiger partial charge in [-0.1, -0.05) is 65.9 Å². The van der Waals surface area contributed by atoms with Crippen LogP contribution in [0.1, 0.15) is 5.56 Å². The molecule has 5 nitrogen and oxygen atoms in total. The van der Waals surface area contributed by atoms with Crippen molar-refractivity contribution >= 4 is 32.6 Å². The monoisotopic (exact) mass is 416 g/mol. The molecule has 2 heterocycles. The largest absolute Gasteiger partial charge is 0.485 e. The normalized spacial score (nSPS) is 15.1. The fraction of sp³-hybridized carbons (Fsp3) is 0.167. The molecule has 1 aliphatic heterocycles. The first-order valence-electron chi connectivity index (χ1n) is 9.87. The molecule has 0 radical (unpaired) electrons. The van der Waals surface area contributed by atoms with Crippen LogP contribution in [0.25, 0.3) is 10.2 Å². The van der Waals surface area contributed by atoms with Gasteiger partial charge < -0.3 is 9.47 Å². The summed E-state index contributed by atoms with van der Waals surface area (Å²) in [6.45, 7) is 0.701. The minimum atomic E-state index is -0.706. The van der Waals surface area contributed by atoms with Gasteiger partial charge in [0.05, 0.1) is 10.2 Å². The van der Waals surface area contributed by atoms with E-state index in [1.807, 2.05) is 66.7 Å². The third-order valence-electron chi connectivity index (χ3n) is 5.03. The molecule has 1 atom stereocenters. The van der Waals surface area contributed by atoms with Crippen LogP contribution in [0.15, 0.2) is 78.9 Å². The predicted molar refractivity (Wildman–Crippen MR) is 118 cm³/mol. The highest BCUT2D eigenvalue weighted by molar-refractivity contribution is 7.22. The molecule has 0 spiro atoms. The van der Waals surface area contributed by atoms with Crippen molar-refractivity contribution in [3.05, 3.63) is 84.4 Å². The summed E-state index contributed by atoms with van der Waals surface area (Å²) in [5.74, 6) is 1.12. The zero-order valence-corrected chi connectivity index (χ0v) is 17.0. The van der Waals surface area contributed by atoms with Crippen LogP contribution in [0.4, 0.5) is 5.13 Å². The number of ether oxygens (including phenoxy) is 2. The Kier molecular flexibility index (Phi) is 5.07. The smallest absolute Gasteiger partial charge is 0.273 e. The maximum atomic E-state index is 13.5. The van der Waals surface area contributed by atoms with Crippen LogP contribution in [0, 0.1) is 0 Å². The maximum absolute atomic E-state index is 13.5. The van der Waals surface area contributed by atoms with Gasteiger partial charge in [-0.15, -0.1) is 0 Å². The molecule has 5 rings (SSSR count). The molecule has 1 amide bonds. The highest BCUT2D eigenvalue weighted by Crippen LogP contribution is 2.33. The Morgan fingerprint density at radius 2 is 1.70 bits per heavy atom. The molecule has 30 heavy (non-hydrogen) atoms. The third-order valence-corrected chi connectivity index (χ3v) is 6.09. The van der Waals surface area contributed by atoms with Crippen LogP contribution < -0.4 is 14.4 Å². The van der Waals surface area contributed by atoms with Crippen LogP contribution in [0.5, 0.6) is 11.5 Å². The number of hydrogen-bond donors (Lipinski definition) is 0. The van der Waals surface area contributed by atoms with Gasteiger partial charge in [0.2, 0.25) is 6.10 Å². The van der Waals surface area contributed by atoms with Gasteiger partial charge in [0, 0.05) is 6.54 Å². The molecule has 150 valence electrons. The Morgan fingerprint density at radius 3 is 2.53 bits per heavy atom. The molecular weight excluding hydrogens is 396 g/mol. The molecule has 0 bridgehead atoms. The van der Waals surface area contributed by atoms with Gasteiger partial charge in [0.1, 0.15) is 6.61 Å². The van der Waals surface area contributed by atoms with Gasteiger partial charge in [0.25, 0.3) is 5.91 Å². The Bertz CT molecular complexity index is 1140. The lowest BCUT2D eigenvalue weighted by Gasteiger charge is -2.29. The van der Waals surface area contributed by atoms with Gasteiger partial charge in [0.15, 0.2) is 16.6 Å². The highest BCUT2D eigenvalue weighted by atomic mass is 32.1. The second-order valence-corrected chi connectivity index (χ2v) is 8.06. The average molecular weight is 417 g/mol. The number of nitrogens with zero attached hydrogens (tertiary/aromatic N) is 2. The lowest BCUT2D eigenvalue weighted by Crippen LogP contribution is -2.47. The Balaban J connectivity index is 1.43. The number of thiazole rings is 1. The average Bonchev–Trinajstić information content (AvgIpc) is 3.23. The van der Waals surface area contributed by atoms with Crippen molar-refractivity contribution in [3.63, 3.8) is 0 Å². The molecule has 4 aromatic rings. The van der Waals surface area contributed by atoms with Crippen molar-refractivity contribution in [1.29, 1.82) is 0 Å². The van der Waals surface area contributed by atoms with Gasteiger partial charge in [-0.05, 0) is 36.2 Å². The standard InChI is InChI=1S/C24H20N2O3S/c27-23(21-16-28-19-11-5-6-12-20(19)29-21)26(15-14-17-8-2-1-3-9-17)24-25-18-10-4-7-13-22(18)30-24/h1-13,21H,14-16H2/t21-/m0/s1. The van der Waals surface area contributed by atoms with Crippen molar-refractivity contribution in [2.24, 2.45) is 0 Å². The molecule has 3 aromatic carbocycles. The van der Waals surface area contributed by atoms with E-state index in [9.17, 15) is 4.79 Å². The van der Waals surface area contributed by atoms with E-state index >= 15 is 0 Å². The van der Waals surface area contributed by atoms with Crippen LogP contribution in [-0.2, 0) is 11.2 Å². The van der Waals surface area contributed by atoms with E-state index in [0.29, 0.717) is 23.2 Å². The summed E-state index contributed by atoms with van der Waals surface area (Å²) in [6, 6.07) is 25.5. The molecule has 0 N–H and O–H groups in total. The number of anilines is 1. The lowest BCUT2D eigenvalue weighted by molar-refractivity contribution is -0.127. The van der Waals surface area contributed by atoms with E-state index in [0.717, 1.165) is 16.6 Å². The molecule has 0 unspecified atom stereocenters. The number of benzene rings is 3. The molecular formula is C24H20N2O3S. The minimum absolute atomic E-state index is 0.139. The summed E-state index contributed by atoms with van der Waals surface area (Å²) < 4.78 is 12.8. The van der Waals surface area contributed by atoms with Crippen LogP contribution in [0.3, 0.4) is 0 Å². The second-order valence-electron chi connectivity index (χ2n) is 7.05. The maximum Gasteiger partial charge on any atom is 0.273 e. The quantitative estimate of drug-likeness (QED) is 0.473. The highest BCUT2D eigenvalue weighted by Gasteiger charge is 2.33. The van der Waals surface area contributed by atoms with Crippen molar-refractivity contribution < 1.29 is 14.3 Å². The Morgan fingerprint density at radius 1 is 0.967 bits per heavy atom. The summed E-state index contributed by atoms with van der Waals surface area (Å²) in [5, 5.41) is 0.680. The first kappa shape index (κ1) is 18.6. The van der Waals surface area contributed by atoms with E-state index < -0.39 is 6.10 Å². The fourth-order valence-corrected chi connectivity index (χ4v) is 4.47. The number of para-hydroxylation sites is 3. The van der Waals surface area contributed by atoms with Crippen LogP contribution in [-0.4, -0.2) is 30.1 Å². The number of fused-ring (bicyclic) bond motifs is 2. The minimum Gasteiger partial charge on any atom is -0.485 e. The molecule has 0 saturated heterocycles. The first-order valence-corrected chi connectivity index (χ1v) is 10.7. The molecule has 0 aliphatic carbocycles. The van der Waals surface area contributed by atoms with Crippen LogP contribution >= 0.6 is 11.3 Å². The molecule has 1 aliphatic rings. The van der Waals surface area contributed by atoms with Crippen molar-refractivity contribution in [2.45, 2.75) is 12.5 Å². The summed E-state index contributed by atoms with van der Waals surface area (Å²) in [4.78, 5) is 19.9. The van der Waals surface area contributed by atoms with Gasteiger partial charge >= 0.3 is 0 Å². The summed E-state index contributed by atoms with van der Waals surface area (Å²) in [6.07, 6.45) is 0.0230. The third kappa shape index (κ3) is 3.74. The number of rotatable bonds is 5. The topological polar surface area (TPSA) is 51.7 Å². The van der Waals surface area contributed by atoms with Gasteiger partial charge in [-0.2, -0.15) is 0 Å². The zero-order valence-electron chi connectivity index (χ0n) is 16.2. The molecule has 0 saturated carbocycles. The van der Waals surface area contributed by atoms with Crippen molar-refractivity contribution in [1.82, 2.24) is 4.98 Å².